The highest BCUT2D eigenvalue weighted by Gasteiger charge is 2.29. The first kappa shape index (κ1) is 26.2. The molecule has 0 aliphatic heterocycles. The molecule has 0 amide bonds. The van der Waals surface area contributed by atoms with E-state index in [1.165, 1.54) is 11.1 Å². The van der Waals surface area contributed by atoms with Crippen LogP contribution in [0.2, 0.25) is 0 Å². The van der Waals surface area contributed by atoms with Crippen molar-refractivity contribution in [2.45, 2.75) is 71.9 Å². The number of aryl methyl sites for hydroxylation is 1. The van der Waals surface area contributed by atoms with E-state index in [1.807, 2.05) is 36.7 Å². The van der Waals surface area contributed by atoms with E-state index in [9.17, 15) is 9.90 Å². The molecular formula is C29H37N3O3. The molecule has 2 aromatic carbocycles. The smallest absolute Gasteiger partial charge is 0.347 e. The summed E-state index contributed by atoms with van der Waals surface area (Å²) in [5.41, 5.74) is 3.60. The molecule has 0 aliphatic rings. The van der Waals surface area contributed by atoms with Crippen molar-refractivity contribution < 1.29 is 14.6 Å². The lowest BCUT2D eigenvalue weighted by atomic mass is 9.87. The van der Waals surface area contributed by atoms with Gasteiger partial charge in [-0.2, -0.15) is 0 Å². The van der Waals surface area contributed by atoms with Gasteiger partial charge in [-0.3, -0.25) is 0 Å². The van der Waals surface area contributed by atoms with Gasteiger partial charge in [-0.05, 0) is 66.5 Å². The van der Waals surface area contributed by atoms with Gasteiger partial charge < -0.3 is 14.7 Å². The Bertz CT molecular complexity index is 1100. The third-order valence-electron chi connectivity index (χ3n) is 6.06. The quantitative estimate of drug-likeness (QED) is 0.398. The van der Waals surface area contributed by atoms with Crippen molar-refractivity contribution in [3.8, 4) is 5.75 Å². The minimum atomic E-state index is -1.27. The Hall–Kier alpha value is -3.41. The molecule has 35 heavy (non-hydrogen) atoms. The molecule has 0 saturated heterocycles. The third kappa shape index (κ3) is 7.28. The summed E-state index contributed by atoms with van der Waals surface area (Å²) in [5.74, 6) is 0.252. The van der Waals surface area contributed by atoms with Crippen LogP contribution in [0.3, 0.4) is 0 Å². The molecular weight excluding hydrogens is 438 g/mol. The van der Waals surface area contributed by atoms with E-state index < -0.39 is 11.6 Å². The van der Waals surface area contributed by atoms with E-state index in [-0.39, 0.29) is 5.41 Å². The normalized spacial score (nSPS) is 11.8. The van der Waals surface area contributed by atoms with Crippen LogP contribution in [0.1, 0.15) is 63.8 Å². The number of nitrogens with zero attached hydrogens (tertiary/aromatic N) is 3. The number of ether oxygens (including phenoxy) is 1. The van der Waals surface area contributed by atoms with Gasteiger partial charge in [0.1, 0.15) is 5.75 Å². The average Bonchev–Trinajstić information content (AvgIpc) is 2.82. The molecule has 0 atom stereocenters. The Balaban J connectivity index is 1.74. The number of carbonyl (C=O) groups is 1. The zero-order valence-corrected chi connectivity index (χ0v) is 21.7. The van der Waals surface area contributed by atoms with E-state index >= 15 is 0 Å². The number of rotatable bonds is 10. The van der Waals surface area contributed by atoms with Crippen molar-refractivity contribution in [2.75, 3.05) is 11.4 Å². The van der Waals surface area contributed by atoms with E-state index in [0.29, 0.717) is 18.2 Å². The van der Waals surface area contributed by atoms with Crippen molar-refractivity contribution in [3.63, 3.8) is 0 Å². The van der Waals surface area contributed by atoms with Gasteiger partial charge >= 0.3 is 5.97 Å². The minimum absolute atomic E-state index is 0.118. The SMILES string of the molecule is CCc1cnc(N(CCc2ccc(OC(C)(C)C(=O)O)cc2)Cc2ccc(C(C)(C)C)cc2)nc1. The molecule has 1 aromatic heterocycles. The van der Waals surface area contributed by atoms with Crippen molar-refractivity contribution in [2.24, 2.45) is 0 Å². The second-order valence-electron chi connectivity index (χ2n) is 10.4. The van der Waals surface area contributed by atoms with E-state index in [0.717, 1.165) is 30.5 Å². The summed E-state index contributed by atoms with van der Waals surface area (Å²) in [5, 5.41) is 9.28. The van der Waals surface area contributed by atoms with Gasteiger partial charge in [-0.15, -0.1) is 0 Å². The van der Waals surface area contributed by atoms with Crippen LogP contribution in [0.25, 0.3) is 0 Å². The van der Waals surface area contributed by atoms with Gasteiger partial charge in [0, 0.05) is 25.5 Å². The molecule has 0 radical (unpaired) electrons. The van der Waals surface area contributed by atoms with Gasteiger partial charge in [0.2, 0.25) is 5.95 Å². The third-order valence-corrected chi connectivity index (χ3v) is 6.06. The van der Waals surface area contributed by atoms with Crippen molar-refractivity contribution >= 4 is 11.9 Å². The molecule has 6 nitrogen and oxygen atoms in total. The van der Waals surface area contributed by atoms with Crippen LogP contribution in [0.5, 0.6) is 5.75 Å². The molecule has 3 aromatic rings. The summed E-state index contributed by atoms with van der Waals surface area (Å²) in [4.78, 5) is 22.8. The largest absolute Gasteiger partial charge is 0.478 e. The van der Waals surface area contributed by atoms with E-state index in [4.69, 9.17) is 4.74 Å². The van der Waals surface area contributed by atoms with Crippen molar-refractivity contribution in [1.29, 1.82) is 0 Å². The minimum Gasteiger partial charge on any atom is -0.478 e. The Morgan fingerprint density at radius 1 is 0.886 bits per heavy atom. The molecule has 0 fully saturated rings. The summed E-state index contributed by atoms with van der Waals surface area (Å²) >= 11 is 0. The van der Waals surface area contributed by atoms with Crippen molar-refractivity contribution in [3.05, 3.63) is 83.2 Å². The highest BCUT2D eigenvalue weighted by Crippen LogP contribution is 2.24. The summed E-state index contributed by atoms with van der Waals surface area (Å²) in [7, 11) is 0. The molecule has 0 aliphatic carbocycles. The Kier molecular flexibility index (Phi) is 8.15. The number of anilines is 1. The van der Waals surface area contributed by atoms with Gasteiger partial charge in [-0.1, -0.05) is 64.1 Å². The maximum Gasteiger partial charge on any atom is 0.347 e. The van der Waals surface area contributed by atoms with E-state index in [1.54, 1.807) is 13.8 Å². The summed E-state index contributed by atoms with van der Waals surface area (Å²) in [6.07, 6.45) is 5.49. The lowest BCUT2D eigenvalue weighted by molar-refractivity contribution is -0.152. The fourth-order valence-electron chi connectivity index (χ4n) is 3.60. The first-order valence-electron chi connectivity index (χ1n) is 12.1. The number of hydrogen-bond donors (Lipinski definition) is 1. The van der Waals surface area contributed by atoms with Crippen LogP contribution in [-0.2, 0) is 29.6 Å². The van der Waals surface area contributed by atoms with Crippen molar-refractivity contribution in [1.82, 2.24) is 9.97 Å². The topological polar surface area (TPSA) is 75.6 Å². The first-order valence-corrected chi connectivity index (χ1v) is 12.1. The molecule has 0 spiro atoms. The van der Waals surface area contributed by atoms with Crippen LogP contribution >= 0.6 is 0 Å². The van der Waals surface area contributed by atoms with Crippen LogP contribution in [0.15, 0.2) is 60.9 Å². The molecule has 1 heterocycles. The van der Waals surface area contributed by atoms with Gasteiger partial charge in [0.15, 0.2) is 5.60 Å². The Labute approximate surface area is 209 Å². The molecule has 6 heteroatoms. The fraction of sp³-hybridized carbons (Fsp3) is 0.414. The standard InChI is InChI=1S/C29H37N3O3/c1-7-21-18-30-27(31-19-21)32(20-23-8-12-24(13-9-23)28(2,3)4)17-16-22-10-14-25(15-11-22)35-29(5,6)26(33)34/h8-15,18-19H,7,16-17,20H2,1-6H3,(H,33,34). The highest BCUT2D eigenvalue weighted by molar-refractivity contribution is 5.76. The first-order chi connectivity index (χ1) is 16.5. The second kappa shape index (κ2) is 10.9. The number of hydrogen-bond acceptors (Lipinski definition) is 5. The van der Waals surface area contributed by atoms with Gasteiger partial charge in [0.25, 0.3) is 0 Å². The maximum absolute atomic E-state index is 11.3. The highest BCUT2D eigenvalue weighted by atomic mass is 16.5. The number of aliphatic carboxylic acids is 1. The van der Waals surface area contributed by atoms with Crippen LogP contribution in [0, 0.1) is 0 Å². The molecule has 0 bridgehead atoms. The van der Waals surface area contributed by atoms with Crippen LogP contribution < -0.4 is 9.64 Å². The summed E-state index contributed by atoms with van der Waals surface area (Å²) < 4.78 is 5.62. The average molecular weight is 476 g/mol. The predicted octanol–water partition coefficient (Wildman–Crippen LogP) is 5.83. The lowest BCUT2D eigenvalue weighted by Crippen LogP contribution is -2.37. The summed E-state index contributed by atoms with van der Waals surface area (Å²) in [6, 6.07) is 16.4. The lowest BCUT2D eigenvalue weighted by Gasteiger charge is -2.24. The maximum atomic E-state index is 11.3. The van der Waals surface area contributed by atoms with E-state index in [2.05, 4.69) is 66.8 Å². The number of carboxylic acid groups (broad SMARTS) is 1. The predicted molar refractivity (Wildman–Crippen MR) is 140 cm³/mol. The molecule has 0 saturated carbocycles. The zero-order chi connectivity index (χ0) is 25.6. The monoisotopic (exact) mass is 475 g/mol. The fourth-order valence-corrected chi connectivity index (χ4v) is 3.60. The zero-order valence-electron chi connectivity index (χ0n) is 21.7. The molecule has 3 rings (SSSR count). The van der Waals surface area contributed by atoms with Crippen LogP contribution in [0.4, 0.5) is 5.95 Å². The number of benzene rings is 2. The molecule has 0 unspecified atom stereocenters. The molecule has 186 valence electrons. The Morgan fingerprint density at radius 2 is 1.46 bits per heavy atom. The van der Waals surface area contributed by atoms with Gasteiger partial charge in [0.05, 0.1) is 0 Å². The Morgan fingerprint density at radius 3 is 1.97 bits per heavy atom. The second-order valence-corrected chi connectivity index (χ2v) is 10.4. The molecule has 1 N–H and O–H groups in total. The summed E-state index contributed by atoms with van der Waals surface area (Å²) in [6.45, 7) is 13.3. The number of carboxylic acids is 1. The van der Waals surface area contributed by atoms with Crippen LogP contribution in [-0.4, -0.2) is 33.2 Å². The van der Waals surface area contributed by atoms with Gasteiger partial charge in [-0.25, -0.2) is 14.8 Å². The number of aromatic nitrogens is 2.